The van der Waals surface area contributed by atoms with Crippen LogP contribution in [0.4, 0.5) is 11.4 Å². The van der Waals surface area contributed by atoms with Gasteiger partial charge in [0.05, 0.1) is 11.0 Å². The lowest BCUT2D eigenvalue weighted by molar-refractivity contribution is -0.119. The van der Waals surface area contributed by atoms with Gasteiger partial charge in [-0.1, -0.05) is 36.0 Å². The average Bonchev–Trinajstić information content (AvgIpc) is 3.35. The minimum absolute atomic E-state index is 0.0618. The number of benzene rings is 2. The van der Waals surface area contributed by atoms with Crippen LogP contribution in [-0.4, -0.2) is 31.2 Å². The highest BCUT2D eigenvalue weighted by Crippen LogP contribution is 2.41. The SMILES string of the molecule is CCn1c(O)c(N=NC(=O)CCCCCCC(=O)N=Nc2c(O)n(CC)c3ccc(Cl)cc23)c2cc(Cl)ccc21. The van der Waals surface area contributed by atoms with Gasteiger partial charge in [0.15, 0.2) is 11.4 Å². The first kappa shape index (κ1) is 29.2. The van der Waals surface area contributed by atoms with Crippen LogP contribution in [0, 0.1) is 0 Å². The second-order valence-corrected chi connectivity index (χ2v) is 10.1. The number of hydrogen-bond donors (Lipinski definition) is 2. The zero-order valence-corrected chi connectivity index (χ0v) is 23.8. The van der Waals surface area contributed by atoms with Gasteiger partial charge in [-0.15, -0.1) is 20.5 Å². The smallest absolute Gasteiger partial charge is 0.264 e. The Labute approximate surface area is 240 Å². The van der Waals surface area contributed by atoms with Crippen LogP contribution in [0.3, 0.4) is 0 Å². The summed E-state index contributed by atoms with van der Waals surface area (Å²) in [5.74, 6) is -0.911. The third-order valence-corrected chi connectivity index (χ3v) is 7.10. The van der Waals surface area contributed by atoms with Crippen molar-refractivity contribution in [2.24, 2.45) is 20.5 Å². The van der Waals surface area contributed by atoms with Gasteiger partial charge in [0.1, 0.15) is 0 Å². The molecular formula is C28H30Cl2N6O4. The number of azo groups is 2. The van der Waals surface area contributed by atoms with Crippen molar-refractivity contribution in [3.63, 3.8) is 0 Å². The van der Waals surface area contributed by atoms with E-state index in [0.717, 1.165) is 23.9 Å². The number of halogens is 2. The summed E-state index contributed by atoms with van der Waals surface area (Å²) in [5, 5.41) is 38.9. The molecule has 0 atom stereocenters. The van der Waals surface area contributed by atoms with Gasteiger partial charge in [-0.3, -0.25) is 9.59 Å². The first-order valence-electron chi connectivity index (χ1n) is 13.2. The molecule has 12 heteroatoms. The van der Waals surface area contributed by atoms with Crippen LogP contribution in [0.2, 0.25) is 10.0 Å². The zero-order chi connectivity index (χ0) is 28.8. The van der Waals surface area contributed by atoms with Crippen LogP contribution >= 0.6 is 23.2 Å². The number of carbonyl (C=O) groups excluding carboxylic acids is 2. The summed E-state index contributed by atoms with van der Waals surface area (Å²) in [7, 11) is 0. The largest absolute Gasteiger partial charge is 0.493 e. The van der Waals surface area contributed by atoms with E-state index in [0.29, 0.717) is 46.7 Å². The lowest BCUT2D eigenvalue weighted by atomic mass is 10.1. The first-order valence-corrected chi connectivity index (χ1v) is 13.9. The van der Waals surface area contributed by atoms with E-state index in [4.69, 9.17) is 23.2 Å². The zero-order valence-electron chi connectivity index (χ0n) is 22.3. The van der Waals surface area contributed by atoms with Crippen LogP contribution < -0.4 is 0 Å². The van der Waals surface area contributed by atoms with Gasteiger partial charge >= 0.3 is 0 Å². The first-order chi connectivity index (χ1) is 19.2. The summed E-state index contributed by atoms with van der Waals surface area (Å²) in [4.78, 5) is 24.5. The van der Waals surface area contributed by atoms with Gasteiger partial charge in [0.25, 0.3) is 11.8 Å². The van der Waals surface area contributed by atoms with Gasteiger partial charge in [-0.05, 0) is 63.1 Å². The number of aromatic hydroxyl groups is 2. The summed E-state index contributed by atoms with van der Waals surface area (Å²) in [6, 6.07) is 10.4. The third-order valence-electron chi connectivity index (χ3n) is 6.63. The van der Waals surface area contributed by atoms with Crippen molar-refractivity contribution in [2.75, 3.05) is 0 Å². The van der Waals surface area contributed by atoms with Crippen molar-refractivity contribution in [1.82, 2.24) is 9.13 Å². The number of carbonyl (C=O) groups is 2. The van der Waals surface area contributed by atoms with Crippen molar-refractivity contribution in [1.29, 1.82) is 0 Å². The molecular weight excluding hydrogens is 555 g/mol. The van der Waals surface area contributed by atoms with E-state index in [-0.39, 0.29) is 36.0 Å². The quantitative estimate of drug-likeness (QED) is 0.135. The van der Waals surface area contributed by atoms with Gasteiger partial charge in [-0.25, -0.2) is 0 Å². The van der Waals surface area contributed by atoms with Crippen molar-refractivity contribution in [3.05, 3.63) is 46.4 Å². The highest BCUT2D eigenvalue weighted by Gasteiger charge is 2.18. The van der Waals surface area contributed by atoms with Crippen molar-refractivity contribution < 1.29 is 19.8 Å². The molecule has 0 radical (unpaired) electrons. The molecule has 2 amide bonds. The summed E-state index contributed by atoms with van der Waals surface area (Å²) in [6.45, 7) is 4.84. The lowest BCUT2D eigenvalue weighted by Crippen LogP contribution is -1.94. The number of nitrogens with zero attached hydrogens (tertiary/aromatic N) is 6. The molecule has 10 nitrogen and oxygen atoms in total. The average molecular weight is 585 g/mol. The third kappa shape index (κ3) is 6.34. The number of fused-ring (bicyclic) bond motifs is 2. The molecule has 0 unspecified atom stereocenters. The van der Waals surface area contributed by atoms with Crippen molar-refractivity contribution in [3.8, 4) is 11.8 Å². The number of hydrogen-bond acceptors (Lipinski definition) is 6. The predicted molar refractivity (Wildman–Crippen MR) is 155 cm³/mol. The number of aryl methyl sites for hydroxylation is 2. The van der Waals surface area contributed by atoms with Crippen LogP contribution in [0.25, 0.3) is 21.8 Å². The molecule has 0 saturated heterocycles. The second kappa shape index (κ2) is 13.1. The molecule has 4 aromatic rings. The molecule has 2 N–H and O–H groups in total. The standard InChI is InChI=1S/C28H30Cl2N6O4/c1-3-35-21-13-11-17(29)15-19(21)25(27(35)39)33-31-23(37)9-7-5-6-8-10-24(38)32-34-26-20-16-18(30)12-14-22(20)36(4-2)28(26)40/h11-16,39-40H,3-10H2,1-2H3. The summed E-state index contributed by atoms with van der Waals surface area (Å²) >= 11 is 12.2. The molecule has 0 saturated carbocycles. The summed E-state index contributed by atoms with van der Waals surface area (Å²) in [6.07, 6.45) is 3.04. The van der Waals surface area contributed by atoms with Gasteiger partial charge in [0, 0.05) is 46.7 Å². The number of unbranched alkanes of at least 4 members (excludes halogenated alkanes) is 3. The second-order valence-electron chi connectivity index (χ2n) is 9.26. The molecule has 0 spiro atoms. The van der Waals surface area contributed by atoms with E-state index >= 15 is 0 Å². The fraction of sp³-hybridized carbons (Fsp3) is 0.357. The van der Waals surface area contributed by atoms with E-state index in [9.17, 15) is 19.8 Å². The van der Waals surface area contributed by atoms with Crippen molar-refractivity contribution >= 4 is 68.2 Å². The molecule has 210 valence electrons. The minimum Gasteiger partial charge on any atom is -0.493 e. The minimum atomic E-state index is -0.394. The maximum atomic E-state index is 12.2. The van der Waals surface area contributed by atoms with Crippen molar-refractivity contribution in [2.45, 2.75) is 65.5 Å². The topological polar surface area (TPSA) is 134 Å². The normalized spacial score (nSPS) is 12.0. The number of rotatable bonds is 11. The van der Waals surface area contributed by atoms with Crippen LogP contribution in [0.5, 0.6) is 11.8 Å². The van der Waals surface area contributed by atoms with Crippen LogP contribution in [0.15, 0.2) is 56.9 Å². The Balaban J connectivity index is 1.24. The van der Waals surface area contributed by atoms with E-state index in [1.54, 1.807) is 45.5 Å². The number of amides is 2. The maximum absolute atomic E-state index is 12.2. The molecule has 0 aliphatic carbocycles. The summed E-state index contributed by atoms with van der Waals surface area (Å²) < 4.78 is 3.35. The fourth-order valence-corrected chi connectivity index (χ4v) is 4.99. The molecule has 2 aromatic carbocycles. The fourth-order valence-electron chi connectivity index (χ4n) is 4.65. The molecule has 0 bridgehead atoms. The molecule has 0 aliphatic rings. The molecule has 2 aromatic heterocycles. The monoisotopic (exact) mass is 584 g/mol. The molecule has 2 heterocycles. The Kier molecular flexibility index (Phi) is 9.54. The van der Waals surface area contributed by atoms with E-state index in [1.165, 1.54) is 0 Å². The van der Waals surface area contributed by atoms with Gasteiger partial charge in [-0.2, -0.15) is 0 Å². The molecule has 40 heavy (non-hydrogen) atoms. The van der Waals surface area contributed by atoms with Gasteiger partial charge < -0.3 is 19.3 Å². The highest BCUT2D eigenvalue weighted by atomic mass is 35.5. The molecule has 4 rings (SSSR count). The van der Waals surface area contributed by atoms with Crippen LogP contribution in [-0.2, 0) is 22.7 Å². The number of aromatic nitrogens is 2. The Bertz CT molecular complexity index is 1500. The molecule has 0 aliphatic heterocycles. The Morgan fingerprint density at radius 1 is 0.700 bits per heavy atom. The van der Waals surface area contributed by atoms with Crippen LogP contribution in [0.1, 0.15) is 52.4 Å². The summed E-state index contributed by atoms with van der Waals surface area (Å²) in [5.41, 5.74) is 1.95. The van der Waals surface area contributed by atoms with E-state index in [1.807, 2.05) is 13.8 Å². The van der Waals surface area contributed by atoms with Gasteiger partial charge in [0.2, 0.25) is 11.8 Å². The Hall–Kier alpha value is -3.76. The van der Waals surface area contributed by atoms with E-state index in [2.05, 4.69) is 20.5 Å². The Morgan fingerprint density at radius 2 is 1.10 bits per heavy atom. The highest BCUT2D eigenvalue weighted by molar-refractivity contribution is 6.32. The maximum Gasteiger partial charge on any atom is 0.264 e. The molecule has 0 fully saturated rings. The predicted octanol–water partition coefficient (Wildman–Crippen LogP) is 8.62. The Morgan fingerprint density at radius 3 is 1.48 bits per heavy atom. The lowest BCUT2D eigenvalue weighted by Gasteiger charge is -2.01. The van der Waals surface area contributed by atoms with E-state index < -0.39 is 11.8 Å².